The Morgan fingerprint density at radius 3 is 2.18 bits per heavy atom. The molecule has 176 valence electrons. The van der Waals surface area contributed by atoms with Crippen molar-refractivity contribution in [2.24, 2.45) is 0 Å². The molecule has 0 spiro atoms. The molecule has 3 aromatic rings. The van der Waals surface area contributed by atoms with Crippen LogP contribution in [0, 0.1) is 0 Å². The first-order valence-corrected chi connectivity index (χ1v) is 12.2. The molecule has 4 rings (SSSR count). The second-order valence-corrected chi connectivity index (χ2v) is 8.82. The molecule has 0 bridgehead atoms. The van der Waals surface area contributed by atoms with E-state index in [2.05, 4.69) is 29.3 Å². The van der Waals surface area contributed by atoms with Gasteiger partial charge in [0.15, 0.2) is 0 Å². The molecule has 1 heterocycles. The predicted octanol–water partition coefficient (Wildman–Crippen LogP) is 5.31. The summed E-state index contributed by atoms with van der Waals surface area (Å²) in [5.41, 5.74) is 3.67. The van der Waals surface area contributed by atoms with E-state index in [4.69, 9.17) is 0 Å². The molecule has 1 N–H and O–H groups in total. The van der Waals surface area contributed by atoms with Gasteiger partial charge in [0.25, 0.3) is 5.91 Å². The second-order valence-electron chi connectivity index (χ2n) is 8.82. The fraction of sp³-hybridized carbons (Fsp3) is 0.310. The molecule has 5 heteroatoms. The van der Waals surface area contributed by atoms with Gasteiger partial charge in [0, 0.05) is 35.9 Å². The summed E-state index contributed by atoms with van der Waals surface area (Å²) in [6, 6.07) is 27.8. The third kappa shape index (κ3) is 5.91. The van der Waals surface area contributed by atoms with Crippen LogP contribution in [0.1, 0.15) is 36.5 Å². The number of carbonyl (C=O) groups is 2. The molecule has 3 aromatic carbocycles. The number of likely N-dealkylation sites (tertiary alicyclic amines) is 1. The standard InChI is InChI=1S/C29H33N3O2/c1-2-19-32(25-17-20-31(21-18-25)29(34)24-13-7-4-8-14-24)22-28(33)30-27-16-10-9-15-26(27)23-11-5-3-6-12-23/h3-16,25H,2,17-22H2,1H3,(H,30,33). The minimum Gasteiger partial charge on any atom is -0.339 e. The minimum absolute atomic E-state index is 0.000349. The fourth-order valence-corrected chi connectivity index (χ4v) is 4.71. The lowest BCUT2D eigenvalue weighted by Gasteiger charge is -2.38. The molecule has 5 nitrogen and oxygen atoms in total. The summed E-state index contributed by atoms with van der Waals surface area (Å²) in [5, 5.41) is 3.14. The number of nitrogens with zero attached hydrogens (tertiary/aromatic N) is 2. The Labute approximate surface area is 202 Å². The highest BCUT2D eigenvalue weighted by Crippen LogP contribution is 2.27. The maximum atomic E-state index is 13.1. The molecule has 0 saturated carbocycles. The third-order valence-electron chi connectivity index (χ3n) is 6.43. The Hall–Kier alpha value is -3.44. The molecular formula is C29H33N3O2. The summed E-state index contributed by atoms with van der Waals surface area (Å²) in [5.74, 6) is 0.0935. The zero-order chi connectivity index (χ0) is 23.8. The van der Waals surface area contributed by atoms with Crippen LogP contribution in [0.3, 0.4) is 0 Å². The first-order chi connectivity index (χ1) is 16.7. The van der Waals surface area contributed by atoms with Gasteiger partial charge in [-0.25, -0.2) is 0 Å². The molecule has 0 aliphatic carbocycles. The smallest absolute Gasteiger partial charge is 0.253 e. The molecule has 0 atom stereocenters. The van der Waals surface area contributed by atoms with Gasteiger partial charge >= 0.3 is 0 Å². The van der Waals surface area contributed by atoms with Crippen LogP contribution >= 0.6 is 0 Å². The number of amides is 2. The molecule has 0 radical (unpaired) electrons. The van der Waals surface area contributed by atoms with Crippen molar-refractivity contribution in [1.29, 1.82) is 0 Å². The van der Waals surface area contributed by atoms with Crippen LogP contribution in [0.25, 0.3) is 11.1 Å². The number of hydrogen-bond donors (Lipinski definition) is 1. The molecule has 1 saturated heterocycles. The zero-order valence-electron chi connectivity index (χ0n) is 19.8. The molecule has 1 aliphatic heterocycles. The molecule has 0 aromatic heterocycles. The van der Waals surface area contributed by atoms with E-state index < -0.39 is 0 Å². The first kappa shape index (κ1) is 23.7. The number of hydrogen-bond acceptors (Lipinski definition) is 3. The Balaban J connectivity index is 1.37. The average Bonchev–Trinajstić information content (AvgIpc) is 2.89. The number of carbonyl (C=O) groups excluding carboxylic acids is 2. The maximum Gasteiger partial charge on any atom is 0.253 e. The number of piperidine rings is 1. The lowest BCUT2D eigenvalue weighted by Crippen LogP contribution is -2.49. The lowest BCUT2D eigenvalue weighted by atomic mass is 10.0. The van der Waals surface area contributed by atoms with Crippen molar-refractivity contribution >= 4 is 17.5 Å². The quantitative estimate of drug-likeness (QED) is 0.501. The van der Waals surface area contributed by atoms with Gasteiger partial charge in [0.1, 0.15) is 0 Å². The fourth-order valence-electron chi connectivity index (χ4n) is 4.71. The highest BCUT2D eigenvalue weighted by atomic mass is 16.2. The van der Waals surface area contributed by atoms with E-state index in [1.54, 1.807) is 0 Å². The highest BCUT2D eigenvalue weighted by molar-refractivity contribution is 5.96. The maximum absolute atomic E-state index is 13.1. The van der Waals surface area contributed by atoms with Gasteiger partial charge in [-0.1, -0.05) is 73.7 Å². The van der Waals surface area contributed by atoms with E-state index in [1.807, 2.05) is 77.7 Å². The van der Waals surface area contributed by atoms with Gasteiger partial charge in [-0.3, -0.25) is 14.5 Å². The summed E-state index contributed by atoms with van der Waals surface area (Å²) in [7, 11) is 0. The molecule has 1 fully saturated rings. The number of benzene rings is 3. The van der Waals surface area contributed by atoms with Crippen molar-refractivity contribution in [2.45, 2.75) is 32.2 Å². The first-order valence-electron chi connectivity index (χ1n) is 12.2. The van der Waals surface area contributed by atoms with Crippen LogP contribution in [0.5, 0.6) is 0 Å². The van der Waals surface area contributed by atoms with Crippen LogP contribution in [-0.2, 0) is 4.79 Å². The summed E-state index contributed by atoms with van der Waals surface area (Å²) in [6.07, 6.45) is 2.75. The topological polar surface area (TPSA) is 52.7 Å². The Kier molecular flexibility index (Phi) is 8.10. The van der Waals surface area contributed by atoms with E-state index in [1.165, 1.54) is 0 Å². The Bertz CT molecular complexity index is 1080. The summed E-state index contributed by atoms with van der Waals surface area (Å²) in [6.45, 7) is 4.80. The van der Waals surface area contributed by atoms with Gasteiger partial charge in [-0.05, 0) is 49.6 Å². The van der Waals surface area contributed by atoms with E-state index in [0.29, 0.717) is 12.6 Å². The summed E-state index contributed by atoms with van der Waals surface area (Å²) >= 11 is 0. The van der Waals surface area contributed by atoms with E-state index in [9.17, 15) is 9.59 Å². The number of para-hydroxylation sites is 1. The normalized spacial score (nSPS) is 14.2. The van der Waals surface area contributed by atoms with Gasteiger partial charge < -0.3 is 10.2 Å². The highest BCUT2D eigenvalue weighted by Gasteiger charge is 2.28. The molecule has 0 unspecified atom stereocenters. The monoisotopic (exact) mass is 455 g/mol. The molecule has 34 heavy (non-hydrogen) atoms. The van der Waals surface area contributed by atoms with Crippen LogP contribution in [0.4, 0.5) is 5.69 Å². The van der Waals surface area contributed by atoms with Crippen molar-refractivity contribution in [3.63, 3.8) is 0 Å². The van der Waals surface area contributed by atoms with Crippen molar-refractivity contribution < 1.29 is 9.59 Å². The Morgan fingerprint density at radius 2 is 1.50 bits per heavy atom. The number of nitrogens with one attached hydrogen (secondary N) is 1. The lowest BCUT2D eigenvalue weighted by molar-refractivity contribution is -0.118. The van der Waals surface area contributed by atoms with Gasteiger partial charge in [0.2, 0.25) is 5.91 Å². The number of rotatable bonds is 8. The van der Waals surface area contributed by atoms with E-state index in [0.717, 1.165) is 61.3 Å². The minimum atomic E-state index is -0.000349. The van der Waals surface area contributed by atoms with E-state index in [-0.39, 0.29) is 11.8 Å². The van der Waals surface area contributed by atoms with Crippen molar-refractivity contribution in [3.05, 3.63) is 90.5 Å². The van der Waals surface area contributed by atoms with Crippen LogP contribution < -0.4 is 5.32 Å². The number of anilines is 1. The van der Waals surface area contributed by atoms with Gasteiger partial charge in [-0.15, -0.1) is 0 Å². The molecule has 2 amide bonds. The van der Waals surface area contributed by atoms with Gasteiger partial charge in [0.05, 0.1) is 6.54 Å². The van der Waals surface area contributed by atoms with Crippen LogP contribution in [-0.4, -0.2) is 53.8 Å². The van der Waals surface area contributed by atoms with Crippen LogP contribution in [0.15, 0.2) is 84.9 Å². The van der Waals surface area contributed by atoms with Crippen LogP contribution in [0.2, 0.25) is 0 Å². The summed E-state index contributed by atoms with van der Waals surface area (Å²) < 4.78 is 0. The SMILES string of the molecule is CCCN(CC(=O)Nc1ccccc1-c1ccccc1)C1CCN(C(=O)c2ccccc2)CC1. The van der Waals surface area contributed by atoms with Crippen molar-refractivity contribution in [1.82, 2.24) is 9.80 Å². The Morgan fingerprint density at radius 1 is 0.882 bits per heavy atom. The largest absolute Gasteiger partial charge is 0.339 e. The molecule has 1 aliphatic rings. The predicted molar refractivity (Wildman–Crippen MR) is 138 cm³/mol. The van der Waals surface area contributed by atoms with Crippen molar-refractivity contribution in [3.8, 4) is 11.1 Å². The zero-order valence-corrected chi connectivity index (χ0v) is 19.8. The average molecular weight is 456 g/mol. The third-order valence-corrected chi connectivity index (χ3v) is 6.43. The summed E-state index contributed by atoms with van der Waals surface area (Å²) in [4.78, 5) is 30.1. The van der Waals surface area contributed by atoms with Gasteiger partial charge in [-0.2, -0.15) is 0 Å². The van der Waals surface area contributed by atoms with E-state index >= 15 is 0 Å². The molecular weight excluding hydrogens is 422 g/mol. The van der Waals surface area contributed by atoms with Crippen molar-refractivity contribution in [2.75, 3.05) is 31.5 Å². The second kappa shape index (κ2) is 11.6.